The summed E-state index contributed by atoms with van der Waals surface area (Å²) in [6.07, 6.45) is 9.82. The quantitative estimate of drug-likeness (QED) is 0.167. The second-order valence-electron chi connectivity index (χ2n) is 13.5. The summed E-state index contributed by atoms with van der Waals surface area (Å²) in [4.78, 5) is 13.3. The minimum atomic E-state index is 0. The van der Waals surface area contributed by atoms with E-state index in [0.717, 1.165) is 34.5 Å². The molecule has 1 aliphatic carbocycles. The Labute approximate surface area is 287 Å². The van der Waals surface area contributed by atoms with Crippen molar-refractivity contribution in [3.05, 3.63) is 150 Å². The molecular formula is C42H39IrN3-2. The number of benzene rings is 3. The molecule has 6 aromatic rings. The molecule has 0 spiro atoms. The molecule has 1 aliphatic rings. The van der Waals surface area contributed by atoms with Crippen LogP contribution in [0.2, 0.25) is 0 Å². The predicted molar refractivity (Wildman–Crippen MR) is 186 cm³/mol. The number of aryl methyl sites for hydroxylation is 1. The largest absolute Gasteiger partial charge is 0.360 e. The van der Waals surface area contributed by atoms with Crippen molar-refractivity contribution >= 4 is 0 Å². The Bertz CT molecular complexity index is 1940. The van der Waals surface area contributed by atoms with Gasteiger partial charge in [-0.05, 0) is 74.4 Å². The molecule has 46 heavy (non-hydrogen) atoms. The summed E-state index contributed by atoms with van der Waals surface area (Å²) < 4.78 is 0. The van der Waals surface area contributed by atoms with Crippen LogP contribution in [0.3, 0.4) is 0 Å². The molecular weight excluding hydrogens is 739 g/mol. The van der Waals surface area contributed by atoms with E-state index < -0.39 is 0 Å². The molecule has 0 bridgehead atoms. The second kappa shape index (κ2) is 13.6. The molecule has 4 heteroatoms. The summed E-state index contributed by atoms with van der Waals surface area (Å²) in [6, 6.07) is 37.1. The first kappa shape index (κ1) is 33.1. The van der Waals surface area contributed by atoms with Gasteiger partial charge >= 0.3 is 0 Å². The average Bonchev–Trinajstić information content (AvgIpc) is 3.27. The smallest absolute Gasteiger partial charge is 0.0207 e. The number of rotatable bonds is 4. The maximum Gasteiger partial charge on any atom is 0.0207 e. The van der Waals surface area contributed by atoms with Crippen LogP contribution >= 0.6 is 0 Å². The van der Waals surface area contributed by atoms with E-state index >= 15 is 0 Å². The molecule has 3 heterocycles. The Morgan fingerprint density at radius 3 is 2.20 bits per heavy atom. The third-order valence-corrected chi connectivity index (χ3v) is 8.46. The van der Waals surface area contributed by atoms with Crippen molar-refractivity contribution in [2.45, 2.75) is 53.4 Å². The summed E-state index contributed by atoms with van der Waals surface area (Å²) in [5, 5.41) is 0. The van der Waals surface area contributed by atoms with Gasteiger partial charge in [-0.3, -0.25) is 0 Å². The van der Waals surface area contributed by atoms with E-state index in [2.05, 4.69) is 135 Å². The van der Waals surface area contributed by atoms with Crippen molar-refractivity contribution in [2.24, 2.45) is 5.41 Å². The van der Waals surface area contributed by atoms with E-state index in [9.17, 15) is 0 Å². The van der Waals surface area contributed by atoms with Gasteiger partial charge in [0.25, 0.3) is 0 Å². The number of pyridine rings is 3. The third-order valence-electron chi connectivity index (χ3n) is 8.46. The predicted octanol–water partition coefficient (Wildman–Crippen LogP) is 10.4. The first-order valence-electron chi connectivity index (χ1n) is 15.6. The Morgan fingerprint density at radius 1 is 0.717 bits per heavy atom. The van der Waals surface area contributed by atoms with Gasteiger partial charge in [0, 0.05) is 37.9 Å². The Hall–Kier alpha value is -4.24. The fourth-order valence-corrected chi connectivity index (χ4v) is 6.14. The molecule has 0 amide bonds. The Morgan fingerprint density at radius 2 is 1.48 bits per heavy atom. The Balaban J connectivity index is 0.000000177. The molecule has 0 aliphatic heterocycles. The Kier molecular flexibility index (Phi) is 9.82. The topological polar surface area (TPSA) is 38.7 Å². The molecule has 1 radical (unpaired) electrons. The van der Waals surface area contributed by atoms with Gasteiger partial charge < -0.3 is 15.0 Å². The standard InChI is InChI=1S/C22H22N.C20H17N2.Ir/c1-22(2,3)16-17-9-11-18(12-10-17)20-13-14-23-21(15-20)19-7-5-4-6-8-19;1-13-8-9-21-11-16(13)19-10-15-14-6-4-5-7-17(14)20(2,3)18(15)12-22-19;/h4-7,9-15H,16H2,1-3H3;4-10,12H,1-3H3;/q2*-1;. The van der Waals surface area contributed by atoms with Gasteiger partial charge in [0.15, 0.2) is 0 Å². The maximum atomic E-state index is 4.69. The summed E-state index contributed by atoms with van der Waals surface area (Å²) in [5.41, 5.74) is 14.4. The second-order valence-corrected chi connectivity index (χ2v) is 13.5. The molecule has 3 nitrogen and oxygen atoms in total. The van der Waals surface area contributed by atoms with Gasteiger partial charge in [-0.15, -0.1) is 53.1 Å². The first-order chi connectivity index (χ1) is 21.6. The van der Waals surface area contributed by atoms with Gasteiger partial charge in [0.05, 0.1) is 0 Å². The first-order valence-corrected chi connectivity index (χ1v) is 15.6. The van der Waals surface area contributed by atoms with Crippen molar-refractivity contribution in [1.29, 1.82) is 0 Å². The van der Waals surface area contributed by atoms with Crippen LogP contribution in [0, 0.1) is 24.6 Å². The number of hydrogen-bond donors (Lipinski definition) is 0. The van der Waals surface area contributed by atoms with Gasteiger partial charge in [-0.25, -0.2) is 0 Å². The molecule has 0 unspecified atom stereocenters. The molecule has 3 aromatic carbocycles. The van der Waals surface area contributed by atoms with E-state index in [0.29, 0.717) is 5.41 Å². The minimum Gasteiger partial charge on any atom is -0.360 e. The summed E-state index contributed by atoms with van der Waals surface area (Å²) in [5.74, 6) is 0. The van der Waals surface area contributed by atoms with E-state index in [-0.39, 0.29) is 25.5 Å². The van der Waals surface area contributed by atoms with Crippen molar-refractivity contribution in [3.8, 4) is 44.8 Å². The van der Waals surface area contributed by atoms with Crippen LogP contribution in [-0.2, 0) is 31.9 Å². The van der Waals surface area contributed by atoms with Crippen LogP contribution in [0.4, 0.5) is 0 Å². The fourth-order valence-electron chi connectivity index (χ4n) is 6.14. The maximum absolute atomic E-state index is 4.69. The molecule has 233 valence electrons. The molecule has 0 saturated heterocycles. The van der Waals surface area contributed by atoms with Crippen LogP contribution in [0.25, 0.3) is 44.8 Å². The van der Waals surface area contributed by atoms with Gasteiger partial charge in [0.1, 0.15) is 0 Å². The van der Waals surface area contributed by atoms with E-state index in [1.54, 1.807) is 6.20 Å². The van der Waals surface area contributed by atoms with Crippen molar-refractivity contribution in [2.75, 3.05) is 0 Å². The third kappa shape index (κ3) is 7.09. The van der Waals surface area contributed by atoms with Gasteiger partial charge in [-0.2, -0.15) is 0 Å². The molecule has 0 fully saturated rings. The van der Waals surface area contributed by atoms with Crippen LogP contribution in [-0.4, -0.2) is 15.0 Å². The molecule has 0 atom stereocenters. The molecule has 0 saturated carbocycles. The molecule has 3 aromatic heterocycles. The number of aromatic nitrogens is 3. The average molecular weight is 778 g/mol. The molecule has 7 rings (SSSR count). The summed E-state index contributed by atoms with van der Waals surface area (Å²) >= 11 is 0. The fraction of sp³-hybridized carbons (Fsp3) is 0.214. The normalized spacial score (nSPS) is 12.7. The van der Waals surface area contributed by atoms with Crippen molar-refractivity contribution < 1.29 is 20.1 Å². The monoisotopic (exact) mass is 778 g/mol. The zero-order valence-electron chi connectivity index (χ0n) is 27.4. The summed E-state index contributed by atoms with van der Waals surface area (Å²) in [7, 11) is 0. The van der Waals surface area contributed by atoms with Crippen LogP contribution in [0.15, 0.2) is 116 Å². The van der Waals surface area contributed by atoms with E-state index in [1.807, 2.05) is 42.7 Å². The van der Waals surface area contributed by atoms with Crippen LogP contribution < -0.4 is 0 Å². The SMILES string of the molecule is CC(C)(C)Cc1ccc(-c2ccnc(-c3[c-]cccc3)c2)cc1.Cc1ccn[c-]c1-c1cc2c(cn1)C(C)(C)c1ccccc1-2.[Ir]. The van der Waals surface area contributed by atoms with Gasteiger partial charge in [0.2, 0.25) is 0 Å². The van der Waals surface area contributed by atoms with Gasteiger partial charge in [-0.1, -0.05) is 108 Å². The number of fused-ring (bicyclic) bond motifs is 3. The van der Waals surface area contributed by atoms with Crippen LogP contribution in [0.5, 0.6) is 0 Å². The summed E-state index contributed by atoms with van der Waals surface area (Å²) in [6.45, 7) is 13.4. The zero-order valence-corrected chi connectivity index (χ0v) is 29.7. The zero-order chi connectivity index (χ0) is 31.6. The number of hydrogen-bond acceptors (Lipinski definition) is 3. The minimum absolute atomic E-state index is 0. The van der Waals surface area contributed by atoms with Crippen molar-refractivity contribution in [1.82, 2.24) is 15.0 Å². The van der Waals surface area contributed by atoms with E-state index in [1.165, 1.54) is 38.9 Å². The van der Waals surface area contributed by atoms with Crippen LogP contribution in [0.1, 0.15) is 56.9 Å². The molecule has 0 N–H and O–H groups in total. The van der Waals surface area contributed by atoms with E-state index in [4.69, 9.17) is 0 Å². The number of nitrogens with zero attached hydrogens (tertiary/aromatic N) is 3. The van der Waals surface area contributed by atoms with Crippen molar-refractivity contribution in [3.63, 3.8) is 0 Å².